The third-order valence-electron chi connectivity index (χ3n) is 4.97. The number of likely N-dealkylation sites (tertiary alicyclic amines) is 1. The molecule has 0 radical (unpaired) electrons. The molecule has 1 amide bonds. The summed E-state index contributed by atoms with van der Waals surface area (Å²) in [4.78, 5) is 14.3. The van der Waals surface area contributed by atoms with Crippen LogP contribution in [-0.2, 0) is 11.3 Å². The molecule has 2 rings (SSSR count). The van der Waals surface area contributed by atoms with Gasteiger partial charge in [-0.05, 0) is 17.9 Å². The van der Waals surface area contributed by atoms with Crippen molar-refractivity contribution in [1.82, 2.24) is 10.2 Å². The third kappa shape index (κ3) is 5.21. The molecule has 25 heavy (non-hydrogen) atoms. The minimum atomic E-state index is -4.37. The molecule has 1 heterocycles. The first-order chi connectivity index (χ1) is 11.7. The van der Waals surface area contributed by atoms with Crippen molar-refractivity contribution in [3.63, 3.8) is 0 Å². The van der Waals surface area contributed by atoms with E-state index in [1.54, 1.807) is 4.90 Å². The number of carbonyl (C=O) groups is 1. The lowest BCUT2D eigenvalue weighted by Gasteiger charge is -2.25. The van der Waals surface area contributed by atoms with Crippen LogP contribution in [0.25, 0.3) is 0 Å². The molecular weight excluding hydrogens is 329 g/mol. The van der Waals surface area contributed by atoms with Crippen molar-refractivity contribution in [1.29, 1.82) is 0 Å². The molecule has 1 aromatic carbocycles. The molecule has 1 fully saturated rings. The van der Waals surface area contributed by atoms with Crippen LogP contribution < -0.4 is 5.32 Å². The van der Waals surface area contributed by atoms with Crippen molar-refractivity contribution in [2.45, 2.75) is 46.0 Å². The number of nitrogens with zero attached hydrogens (tertiary/aromatic N) is 1. The molecule has 1 aromatic rings. The smallest absolute Gasteiger partial charge is 0.353 e. The lowest BCUT2D eigenvalue weighted by Crippen LogP contribution is -2.45. The highest BCUT2D eigenvalue weighted by Crippen LogP contribution is 2.38. The molecule has 3 nitrogen and oxygen atoms in total. The molecular formula is C19H27F3N2O. The predicted molar refractivity (Wildman–Crippen MR) is 91.8 cm³/mol. The summed E-state index contributed by atoms with van der Waals surface area (Å²) < 4.78 is 40.4. The van der Waals surface area contributed by atoms with Gasteiger partial charge in [0.2, 0.25) is 5.91 Å². The summed E-state index contributed by atoms with van der Waals surface area (Å²) in [6.45, 7) is 6.30. The minimum Gasteiger partial charge on any atom is -0.353 e. The zero-order valence-electron chi connectivity index (χ0n) is 15.0. The fraction of sp³-hybridized carbons (Fsp3) is 0.632. The molecule has 6 heteroatoms. The van der Waals surface area contributed by atoms with Crippen LogP contribution in [0.15, 0.2) is 30.3 Å². The normalized spacial score (nSPS) is 23.0. The molecule has 1 aliphatic rings. The standard InChI is InChI=1S/C19H27F3N2O/c1-4-17(13(2)3)23-18(25)15-11-24(12-16(15)19(20,21)22)10-14-8-6-5-7-9-14/h5-9,13,15-17H,4,10-12H2,1-3H3,(H,23,25)/t15-,16+,17+/m1/s1. The first-order valence-electron chi connectivity index (χ1n) is 8.85. The predicted octanol–water partition coefficient (Wildman–Crippen LogP) is 3.85. The highest BCUT2D eigenvalue weighted by molar-refractivity contribution is 5.80. The Hall–Kier alpha value is -1.56. The van der Waals surface area contributed by atoms with E-state index in [1.807, 2.05) is 51.1 Å². The highest BCUT2D eigenvalue weighted by atomic mass is 19.4. The van der Waals surface area contributed by atoms with Gasteiger partial charge >= 0.3 is 6.18 Å². The molecule has 3 atom stereocenters. The minimum absolute atomic E-state index is 0.0930. The Morgan fingerprint density at radius 1 is 1.24 bits per heavy atom. The lowest BCUT2D eigenvalue weighted by molar-refractivity contribution is -0.183. The molecule has 0 spiro atoms. The maximum absolute atomic E-state index is 13.5. The number of hydrogen-bond acceptors (Lipinski definition) is 2. The van der Waals surface area contributed by atoms with E-state index >= 15 is 0 Å². The largest absolute Gasteiger partial charge is 0.393 e. The summed E-state index contributed by atoms with van der Waals surface area (Å²) in [6, 6.07) is 9.30. The molecule has 0 saturated carbocycles. The van der Waals surface area contributed by atoms with E-state index in [1.165, 1.54) is 0 Å². The van der Waals surface area contributed by atoms with Gasteiger partial charge in [0.1, 0.15) is 0 Å². The summed E-state index contributed by atoms with van der Waals surface area (Å²) in [5.74, 6) is -2.93. The Morgan fingerprint density at radius 3 is 2.40 bits per heavy atom. The Balaban J connectivity index is 2.09. The number of amides is 1. The molecule has 0 aliphatic carbocycles. The van der Waals surface area contributed by atoms with Crippen LogP contribution in [0.1, 0.15) is 32.8 Å². The number of benzene rings is 1. The number of alkyl halides is 3. The van der Waals surface area contributed by atoms with Crippen LogP contribution in [0, 0.1) is 17.8 Å². The first kappa shape index (κ1) is 19.8. The zero-order chi connectivity index (χ0) is 18.6. The Kier molecular flexibility index (Phi) is 6.49. The Labute approximate surface area is 147 Å². The van der Waals surface area contributed by atoms with Crippen molar-refractivity contribution in [2.75, 3.05) is 13.1 Å². The molecule has 0 bridgehead atoms. The van der Waals surface area contributed by atoms with Gasteiger partial charge in [-0.25, -0.2) is 0 Å². The SMILES string of the molecule is CC[C@H](NC(=O)[C@@H]1CN(Cc2ccccc2)C[C@@H]1C(F)(F)F)C(C)C. The maximum atomic E-state index is 13.5. The number of halogens is 3. The summed E-state index contributed by atoms with van der Waals surface area (Å²) in [7, 11) is 0. The summed E-state index contributed by atoms with van der Waals surface area (Å²) >= 11 is 0. The Morgan fingerprint density at radius 2 is 1.88 bits per heavy atom. The van der Waals surface area contributed by atoms with E-state index in [9.17, 15) is 18.0 Å². The van der Waals surface area contributed by atoms with Crippen molar-refractivity contribution >= 4 is 5.91 Å². The average Bonchev–Trinajstić information content (AvgIpc) is 2.97. The molecule has 140 valence electrons. The number of carbonyl (C=O) groups excluding carboxylic acids is 1. The fourth-order valence-electron chi connectivity index (χ4n) is 3.48. The van der Waals surface area contributed by atoms with Crippen molar-refractivity contribution in [3.05, 3.63) is 35.9 Å². The second-order valence-corrected chi connectivity index (χ2v) is 7.20. The van der Waals surface area contributed by atoms with E-state index in [2.05, 4.69) is 5.32 Å². The average molecular weight is 356 g/mol. The molecule has 1 aliphatic heterocycles. The molecule has 0 unspecified atom stereocenters. The van der Waals surface area contributed by atoms with Gasteiger partial charge in [0.05, 0.1) is 11.8 Å². The summed E-state index contributed by atoms with van der Waals surface area (Å²) in [6.07, 6.45) is -3.66. The van der Waals surface area contributed by atoms with Crippen LogP contribution in [0.5, 0.6) is 0 Å². The van der Waals surface area contributed by atoms with Crippen molar-refractivity contribution in [3.8, 4) is 0 Å². The number of nitrogens with one attached hydrogen (secondary N) is 1. The highest BCUT2D eigenvalue weighted by Gasteiger charge is 2.52. The first-order valence-corrected chi connectivity index (χ1v) is 8.85. The number of rotatable bonds is 6. The van der Waals surface area contributed by atoms with Gasteiger partial charge in [-0.1, -0.05) is 51.1 Å². The van der Waals surface area contributed by atoms with Crippen LogP contribution in [0.2, 0.25) is 0 Å². The molecule has 1 saturated heterocycles. The monoisotopic (exact) mass is 356 g/mol. The van der Waals surface area contributed by atoms with Crippen LogP contribution >= 0.6 is 0 Å². The van der Waals surface area contributed by atoms with E-state index in [0.29, 0.717) is 13.0 Å². The number of hydrogen-bond donors (Lipinski definition) is 1. The van der Waals surface area contributed by atoms with Gasteiger partial charge in [0, 0.05) is 25.7 Å². The molecule has 1 N–H and O–H groups in total. The van der Waals surface area contributed by atoms with Crippen LogP contribution in [0.3, 0.4) is 0 Å². The van der Waals surface area contributed by atoms with E-state index in [4.69, 9.17) is 0 Å². The summed E-state index contributed by atoms with van der Waals surface area (Å²) in [5, 5.41) is 2.83. The van der Waals surface area contributed by atoms with E-state index in [-0.39, 0.29) is 25.0 Å². The second-order valence-electron chi connectivity index (χ2n) is 7.20. The van der Waals surface area contributed by atoms with Gasteiger partial charge in [-0.15, -0.1) is 0 Å². The van der Waals surface area contributed by atoms with Crippen LogP contribution in [0.4, 0.5) is 13.2 Å². The Bertz CT molecular complexity index is 560. The maximum Gasteiger partial charge on any atom is 0.393 e. The fourth-order valence-corrected chi connectivity index (χ4v) is 3.48. The third-order valence-corrected chi connectivity index (χ3v) is 4.97. The second kappa shape index (κ2) is 8.21. The van der Waals surface area contributed by atoms with Crippen molar-refractivity contribution in [2.24, 2.45) is 17.8 Å². The van der Waals surface area contributed by atoms with E-state index in [0.717, 1.165) is 5.56 Å². The van der Waals surface area contributed by atoms with Gasteiger partial charge in [0.25, 0.3) is 0 Å². The summed E-state index contributed by atoms with van der Waals surface area (Å²) in [5.41, 5.74) is 0.957. The van der Waals surface area contributed by atoms with E-state index < -0.39 is 23.9 Å². The van der Waals surface area contributed by atoms with Crippen LogP contribution in [-0.4, -0.2) is 36.1 Å². The van der Waals surface area contributed by atoms with Gasteiger partial charge in [-0.2, -0.15) is 13.2 Å². The topological polar surface area (TPSA) is 32.3 Å². The van der Waals surface area contributed by atoms with Crippen molar-refractivity contribution < 1.29 is 18.0 Å². The van der Waals surface area contributed by atoms with Gasteiger partial charge < -0.3 is 5.32 Å². The van der Waals surface area contributed by atoms with Gasteiger partial charge in [-0.3, -0.25) is 9.69 Å². The molecule has 0 aromatic heterocycles. The van der Waals surface area contributed by atoms with Gasteiger partial charge in [0.15, 0.2) is 0 Å². The lowest BCUT2D eigenvalue weighted by atomic mass is 9.93. The quantitative estimate of drug-likeness (QED) is 0.840. The zero-order valence-corrected chi connectivity index (χ0v) is 15.0.